The molecule has 2 heterocycles. The average molecular weight is 381 g/mol. The Hall–Kier alpha value is -3.04. The van der Waals surface area contributed by atoms with Gasteiger partial charge in [-0.2, -0.15) is 5.26 Å². The normalized spacial score (nSPS) is 21.0. The second kappa shape index (κ2) is 6.00. The quantitative estimate of drug-likeness (QED) is 0.750. The number of carbonyl (C=O) groups is 1. The first kappa shape index (κ1) is 17.4. The Bertz CT molecular complexity index is 1160. The molecule has 2 aromatic heterocycles. The van der Waals surface area contributed by atoms with Crippen molar-refractivity contribution < 1.29 is 9.18 Å². The molecule has 0 radical (unpaired) electrons. The first-order chi connectivity index (χ1) is 12.9. The SMILES string of the molecule is Cc1ccncc1-c1cc2cc(C3(C(N)=O)CC3C#N)ncc2c(Cl)c1F. The van der Waals surface area contributed by atoms with Gasteiger partial charge in [-0.1, -0.05) is 11.6 Å². The molecule has 3 aromatic rings. The van der Waals surface area contributed by atoms with E-state index in [0.717, 1.165) is 5.56 Å². The molecule has 0 saturated heterocycles. The lowest BCUT2D eigenvalue weighted by Gasteiger charge is -2.14. The molecule has 1 aromatic carbocycles. The number of carbonyl (C=O) groups excluding carboxylic acids is 1. The van der Waals surface area contributed by atoms with E-state index in [-0.39, 0.29) is 5.02 Å². The minimum Gasteiger partial charge on any atom is -0.369 e. The summed E-state index contributed by atoms with van der Waals surface area (Å²) in [5.74, 6) is -1.64. The van der Waals surface area contributed by atoms with Crippen molar-refractivity contribution in [2.75, 3.05) is 0 Å². The Morgan fingerprint density at radius 2 is 2.19 bits per heavy atom. The summed E-state index contributed by atoms with van der Waals surface area (Å²) < 4.78 is 14.9. The van der Waals surface area contributed by atoms with Crippen LogP contribution in [0.25, 0.3) is 21.9 Å². The van der Waals surface area contributed by atoms with Crippen molar-refractivity contribution in [1.82, 2.24) is 9.97 Å². The number of pyridine rings is 2. The highest BCUT2D eigenvalue weighted by molar-refractivity contribution is 6.36. The molecule has 1 aliphatic carbocycles. The maximum Gasteiger partial charge on any atom is 0.231 e. The van der Waals surface area contributed by atoms with Gasteiger partial charge in [0.1, 0.15) is 11.2 Å². The lowest BCUT2D eigenvalue weighted by Crippen LogP contribution is -2.31. The molecule has 7 heteroatoms. The molecule has 4 rings (SSSR count). The third-order valence-corrected chi connectivity index (χ3v) is 5.61. The Kier molecular flexibility index (Phi) is 3.86. The summed E-state index contributed by atoms with van der Waals surface area (Å²) in [7, 11) is 0. The fourth-order valence-electron chi connectivity index (χ4n) is 3.52. The molecule has 0 bridgehead atoms. The summed E-state index contributed by atoms with van der Waals surface area (Å²) in [6.45, 7) is 1.86. The number of amides is 1. The molecule has 1 aliphatic rings. The lowest BCUT2D eigenvalue weighted by molar-refractivity contribution is -0.120. The second-order valence-electron chi connectivity index (χ2n) is 6.75. The molecule has 2 atom stereocenters. The van der Waals surface area contributed by atoms with Crippen LogP contribution in [0, 0.1) is 30.0 Å². The van der Waals surface area contributed by atoms with Crippen molar-refractivity contribution in [3.8, 4) is 17.2 Å². The number of nitrogens with two attached hydrogens (primary N) is 1. The minimum absolute atomic E-state index is 0.0504. The van der Waals surface area contributed by atoms with Gasteiger partial charge in [0.05, 0.1) is 22.7 Å². The predicted octanol–water partition coefficient (Wildman–Crippen LogP) is 3.66. The molecule has 2 N–H and O–H groups in total. The largest absolute Gasteiger partial charge is 0.369 e. The van der Waals surface area contributed by atoms with E-state index in [4.69, 9.17) is 17.3 Å². The number of rotatable bonds is 3. The van der Waals surface area contributed by atoms with E-state index >= 15 is 0 Å². The predicted molar refractivity (Wildman–Crippen MR) is 99.3 cm³/mol. The van der Waals surface area contributed by atoms with Crippen molar-refractivity contribution >= 4 is 28.3 Å². The molecule has 0 spiro atoms. The number of nitriles is 1. The van der Waals surface area contributed by atoms with E-state index in [1.807, 2.05) is 6.92 Å². The van der Waals surface area contributed by atoms with E-state index in [0.29, 0.717) is 34.0 Å². The molecule has 5 nitrogen and oxygen atoms in total. The van der Waals surface area contributed by atoms with Crippen molar-refractivity contribution in [2.45, 2.75) is 18.8 Å². The van der Waals surface area contributed by atoms with Crippen molar-refractivity contribution in [3.05, 3.63) is 58.9 Å². The Balaban J connectivity index is 1.95. The van der Waals surface area contributed by atoms with Gasteiger partial charge >= 0.3 is 0 Å². The maximum atomic E-state index is 14.9. The van der Waals surface area contributed by atoms with Crippen molar-refractivity contribution in [1.29, 1.82) is 5.26 Å². The molecule has 2 unspecified atom stereocenters. The zero-order valence-electron chi connectivity index (χ0n) is 14.3. The van der Waals surface area contributed by atoms with Gasteiger partial charge in [0.15, 0.2) is 0 Å². The molecule has 134 valence electrons. The number of nitrogens with zero attached hydrogens (tertiary/aromatic N) is 3. The van der Waals surface area contributed by atoms with Crippen LogP contribution in [0.5, 0.6) is 0 Å². The van der Waals surface area contributed by atoms with Gasteiger partial charge < -0.3 is 5.73 Å². The summed E-state index contributed by atoms with van der Waals surface area (Å²) >= 11 is 6.25. The number of halogens is 2. The summed E-state index contributed by atoms with van der Waals surface area (Å²) in [6, 6.07) is 7.20. The minimum atomic E-state index is -1.09. The van der Waals surface area contributed by atoms with E-state index in [1.54, 1.807) is 30.6 Å². The number of hydrogen-bond donors (Lipinski definition) is 1. The van der Waals surface area contributed by atoms with Crippen LogP contribution in [0.1, 0.15) is 17.7 Å². The number of primary amides is 1. The van der Waals surface area contributed by atoms with E-state index in [1.165, 1.54) is 6.20 Å². The van der Waals surface area contributed by atoms with Gasteiger partial charge in [0.2, 0.25) is 5.91 Å². The number of aromatic nitrogens is 2. The van der Waals surface area contributed by atoms with Gasteiger partial charge in [0.25, 0.3) is 0 Å². The lowest BCUT2D eigenvalue weighted by atomic mass is 9.94. The van der Waals surface area contributed by atoms with Crippen molar-refractivity contribution in [3.63, 3.8) is 0 Å². The second-order valence-corrected chi connectivity index (χ2v) is 7.13. The maximum absolute atomic E-state index is 14.9. The van der Waals surface area contributed by atoms with Crippen LogP contribution in [0.2, 0.25) is 5.02 Å². The van der Waals surface area contributed by atoms with E-state index in [9.17, 15) is 14.4 Å². The number of aryl methyl sites for hydroxylation is 1. The molecule has 1 amide bonds. The smallest absolute Gasteiger partial charge is 0.231 e. The van der Waals surface area contributed by atoms with Crippen LogP contribution in [0.15, 0.2) is 36.8 Å². The topological polar surface area (TPSA) is 92.7 Å². The van der Waals surface area contributed by atoms with Crippen LogP contribution in [-0.2, 0) is 10.2 Å². The van der Waals surface area contributed by atoms with Crippen LogP contribution in [0.4, 0.5) is 4.39 Å². The summed E-state index contributed by atoms with van der Waals surface area (Å²) in [6.07, 6.45) is 4.97. The molecular formula is C20H14ClFN4O. The Morgan fingerprint density at radius 1 is 1.41 bits per heavy atom. The standard InChI is InChI=1S/C20H14ClFN4O/c1-10-2-3-25-8-14(10)13-4-11-5-16(20(19(24)27)6-12(20)7-23)26-9-15(11)17(21)18(13)22/h2-5,8-9,12H,6H2,1H3,(H2,24,27). The van der Waals surface area contributed by atoms with E-state index < -0.39 is 23.1 Å². The zero-order valence-corrected chi connectivity index (χ0v) is 15.1. The van der Waals surface area contributed by atoms with Gasteiger partial charge in [0, 0.05) is 35.1 Å². The third-order valence-electron chi connectivity index (χ3n) is 5.24. The molecule has 1 saturated carbocycles. The Morgan fingerprint density at radius 3 is 2.81 bits per heavy atom. The third kappa shape index (κ3) is 2.47. The monoisotopic (exact) mass is 380 g/mol. The first-order valence-corrected chi connectivity index (χ1v) is 8.66. The van der Waals surface area contributed by atoms with Crippen LogP contribution in [-0.4, -0.2) is 15.9 Å². The summed E-state index contributed by atoms with van der Waals surface area (Å²) in [5, 5.41) is 10.2. The summed E-state index contributed by atoms with van der Waals surface area (Å²) in [4.78, 5) is 20.3. The molecule has 27 heavy (non-hydrogen) atoms. The van der Waals surface area contributed by atoms with Crippen LogP contribution >= 0.6 is 11.6 Å². The molecular weight excluding hydrogens is 367 g/mol. The van der Waals surface area contributed by atoms with Gasteiger partial charge in [-0.25, -0.2) is 4.39 Å². The highest BCUT2D eigenvalue weighted by Gasteiger charge is 2.62. The zero-order chi connectivity index (χ0) is 19.3. The molecule has 0 aliphatic heterocycles. The van der Waals surface area contributed by atoms with Crippen molar-refractivity contribution in [2.24, 2.45) is 11.7 Å². The van der Waals surface area contributed by atoms with Gasteiger partial charge in [-0.15, -0.1) is 0 Å². The highest BCUT2D eigenvalue weighted by Crippen LogP contribution is 2.53. The van der Waals surface area contributed by atoms with Crippen LogP contribution in [0.3, 0.4) is 0 Å². The first-order valence-electron chi connectivity index (χ1n) is 8.29. The fraction of sp³-hybridized carbons (Fsp3) is 0.200. The number of hydrogen-bond acceptors (Lipinski definition) is 4. The van der Waals surface area contributed by atoms with Crippen LogP contribution < -0.4 is 5.73 Å². The highest BCUT2D eigenvalue weighted by atomic mass is 35.5. The fourth-order valence-corrected chi connectivity index (χ4v) is 3.78. The molecule has 1 fully saturated rings. The van der Waals surface area contributed by atoms with Gasteiger partial charge in [-0.05, 0) is 42.5 Å². The van der Waals surface area contributed by atoms with Gasteiger partial charge in [-0.3, -0.25) is 14.8 Å². The number of benzene rings is 1. The Labute approximate surface area is 159 Å². The van der Waals surface area contributed by atoms with E-state index in [2.05, 4.69) is 16.0 Å². The summed E-state index contributed by atoms with van der Waals surface area (Å²) in [5.41, 5.74) is 6.66. The average Bonchev–Trinajstić information content (AvgIpc) is 3.41. The number of fused-ring (bicyclic) bond motifs is 1.